The quantitative estimate of drug-likeness (QED) is 0.842. The van der Waals surface area contributed by atoms with Crippen molar-refractivity contribution >= 4 is 0 Å². The lowest BCUT2D eigenvalue weighted by atomic mass is 10.0. The highest BCUT2D eigenvalue weighted by Gasteiger charge is 2.16. The molecule has 3 nitrogen and oxygen atoms in total. The largest absolute Gasteiger partial charge is 0.319 e. The third-order valence-electron chi connectivity index (χ3n) is 2.35. The van der Waals surface area contributed by atoms with Crippen molar-refractivity contribution in [3.05, 3.63) is 53.4 Å². The summed E-state index contributed by atoms with van der Waals surface area (Å²) in [7, 11) is 1.73. The van der Waals surface area contributed by atoms with Crippen LogP contribution in [-0.2, 0) is 7.05 Å². The van der Waals surface area contributed by atoms with Gasteiger partial charge in [-0.3, -0.25) is 4.68 Å². The van der Waals surface area contributed by atoms with Gasteiger partial charge in [-0.2, -0.15) is 5.10 Å². The van der Waals surface area contributed by atoms with E-state index in [0.717, 1.165) is 18.2 Å². The molecule has 0 saturated heterocycles. The van der Waals surface area contributed by atoms with Crippen molar-refractivity contribution < 1.29 is 8.78 Å². The van der Waals surface area contributed by atoms with E-state index >= 15 is 0 Å². The molecule has 5 heteroatoms. The normalized spacial score (nSPS) is 12.8. The van der Waals surface area contributed by atoms with E-state index in [9.17, 15) is 8.78 Å². The fourth-order valence-corrected chi connectivity index (χ4v) is 1.51. The summed E-state index contributed by atoms with van der Waals surface area (Å²) in [5, 5.41) is 4.06. The zero-order chi connectivity index (χ0) is 11.7. The first-order chi connectivity index (χ1) is 7.58. The van der Waals surface area contributed by atoms with Crippen molar-refractivity contribution in [3.8, 4) is 0 Å². The predicted molar refractivity (Wildman–Crippen MR) is 55.6 cm³/mol. The molecule has 1 aromatic heterocycles. The Morgan fingerprint density at radius 1 is 1.31 bits per heavy atom. The molecule has 1 heterocycles. The molecule has 0 aliphatic rings. The van der Waals surface area contributed by atoms with Crippen LogP contribution in [0.25, 0.3) is 0 Å². The highest BCUT2D eigenvalue weighted by atomic mass is 19.1. The minimum atomic E-state index is -0.753. The zero-order valence-corrected chi connectivity index (χ0v) is 8.69. The second-order valence-corrected chi connectivity index (χ2v) is 3.56. The van der Waals surface area contributed by atoms with Crippen LogP contribution in [0.1, 0.15) is 17.3 Å². The molecule has 1 atom stereocenters. The highest BCUT2D eigenvalue weighted by molar-refractivity contribution is 5.28. The average molecular weight is 223 g/mol. The van der Waals surface area contributed by atoms with Gasteiger partial charge in [-0.25, -0.2) is 8.78 Å². The molecule has 84 valence electrons. The molecule has 0 spiro atoms. The number of nitrogens with zero attached hydrogens (tertiary/aromatic N) is 2. The molecule has 0 aliphatic heterocycles. The standard InChI is InChI=1S/C11H11F2N3/c1-16-5-4-10(15-16)11(14)8-6-7(12)2-3-9(8)13/h2-6,11H,14H2,1H3. The maximum atomic E-state index is 13.4. The van der Waals surface area contributed by atoms with Crippen molar-refractivity contribution in [2.45, 2.75) is 6.04 Å². The Kier molecular flexibility index (Phi) is 2.70. The molecule has 0 saturated carbocycles. The Hall–Kier alpha value is -1.75. The van der Waals surface area contributed by atoms with E-state index in [1.165, 1.54) is 0 Å². The first kappa shape index (κ1) is 10.8. The number of hydrogen-bond donors (Lipinski definition) is 1. The summed E-state index contributed by atoms with van der Waals surface area (Å²) in [6, 6.07) is 4.14. The van der Waals surface area contributed by atoms with Gasteiger partial charge in [-0.15, -0.1) is 0 Å². The number of hydrogen-bond acceptors (Lipinski definition) is 2. The van der Waals surface area contributed by atoms with E-state index in [2.05, 4.69) is 5.10 Å². The SMILES string of the molecule is Cn1ccc(C(N)c2cc(F)ccc2F)n1. The Morgan fingerprint density at radius 2 is 2.06 bits per heavy atom. The molecule has 1 aromatic carbocycles. The summed E-state index contributed by atoms with van der Waals surface area (Å²) in [4.78, 5) is 0. The number of rotatable bonds is 2. The van der Waals surface area contributed by atoms with Crippen molar-refractivity contribution in [1.29, 1.82) is 0 Å². The first-order valence-electron chi connectivity index (χ1n) is 4.78. The molecule has 1 unspecified atom stereocenters. The predicted octanol–water partition coefficient (Wildman–Crippen LogP) is 1.75. The summed E-state index contributed by atoms with van der Waals surface area (Å²) >= 11 is 0. The molecule has 0 bridgehead atoms. The van der Waals surface area contributed by atoms with Crippen LogP contribution in [0.2, 0.25) is 0 Å². The first-order valence-corrected chi connectivity index (χ1v) is 4.78. The van der Waals surface area contributed by atoms with Crippen molar-refractivity contribution in [1.82, 2.24) is 9.78 Å². The minimum Gasteiger partial charge on any atom is -0.319 e. The van der Waals surface area contributed by atoms with Gasteiger partial charge in [0.25, 0.3) is 0 Å². The molecule has 2 aromatic rings. The van der Waals surface area contributed by atoms with Gasteiger partial charge in [-0.1, -0.05) is 0 Å². The maximum absolute atomic E-state index is 13.4. The number of halogens is 2. The number of benzene rings is 1. The van der Waals surface area contributed by atoms with Crippen molar-refractivity contribution in [3.63, 3.8) is 0 Å². The zero-order valence-electron chi connectivity index (χ0n) is 8.69. The van der Waals surface area contributed by atoms with E-state index in [1.54, 1.807) is 24.0 Å². The molecular weight excluding hydrogens is 212 g/mol. The van der Waals surface area contributed by atoms with Crippen LogP contribution in [0.4, 0.5) is 8.78 Å². The van der Waals surface area contributed by atoms with E-state index in [0.29, 0.717) is 5.69 Å². The van der Waals surface area contributed by atoms with Gasteiger partial charge in [-0.05, 0) is 24.3 Å². The van der Waals surface area contributed by atoms with Crippen LogP contribution >= 0.6 is 0 Å². The van der Waals surface area contributed by atoms with Crippen LogP contribution in [0.3, 0.4) is 0 Å². The van der Waals surface area contributed by atoms with E-state index in [1.807, 2.05) is 0 Å². The Labute approximate surface area is 91.5 Å². The number of nitrogens with two attached hydrogens (primary N) is 1. The molecule has 0 fully saturated rings. The lowest BCUT2D eigenvalue weighted by Gasteiger charge is -2.10. The van der Waals surface area contributed by atoms with Crippen molar-refractivity contribution in [2.75, 3.05) is 0 Å². The number of aromatic nitrogens is 2. The fraction of sp³-hybridized carbons (Fsp3) is 0.182. The second kappa shape index (κ2) is 4.02. The van der Waals surface area contributed by atoms with Gasteiger partial charge in [0.15, 0.2) is 0 Å². The second-order valence-electron chi connectivity index (χ2n) is 3.56. The lowest BCUT2D eigenvalue weighted by Crippen LogP contribution is -2.15. The minimum absolute atomic E-state index is 0.110. The molecule has 0 radical (unpaired) electrons. The summed E-state index contributed by atoms with van der Waals surface area (Å²) in [6.45, 7) is 0. The highest BCUT2D eigenvalue weighted by Crippen LogP contribution is 2.21. The molecule has 2 N–H and O–H groups in total. The average Bonchev–Trinajstić information content (AvgIpc) is 2.67. The Morgan fingerprint density at radius 3 is 2.69 bits per heavy atom. The lowest BCUT2D eigenvalue weighted by molar-refractivity contribution is 0.573. The third kappa shape index (κ3) is 1.94. The van der Waals surface area contributed by atoms with Crippen LogP contribution < -0.4 is 5.73 Å². The van der Waals surface area contributed by atoms with Gasteiger partial charge in [0.1, 0.15) is 11.6 Å². The van der Waals surface area contributed by atoms with Gasteiger partial charge < -0.3 is 5.73 Å². The molecule has 0 amide bonds. The van der Waals surface area contributed by atoms with Crippen LogP contribution in [-0.4, -0.2) is 9.78 Å². The third-order valence-corrected chi connectivity index (χ3v) is 2.35. The van der Waals surface area contributed by atoms with E-state index in [-0.39, 0.29) is 5.56 Å². The van der Waals surface area contributed by atoms with Crippen LogP contribution in [0.5, 0.6) is 0 Å². The molecule has 2 rings (SSSR count). The van der Waals surface area contributed by atoms with Crippen LogP contribution in [0.15, 0.2) is 30.5 Å². The smallest absolute Gasteiger partial charge is 0.128 e. The van der Waals surface area contributed by atoms with E-state index in [4.69, 9.17) is 5.73 Å². The van der Waals surface area contributed by atoms with Gasteiger partial charge >= 0.3 is 0 Å². The topological polar surface area (TPSA) is 43.8 Å². The summed E-state index contributed by atoms with van der Waals surface area (Å²) in [6.07, 6.45) is 1.70. The summed E-state index contributed by atoms with van der Waals surface area (Å²) in [5.41, 5.74) is 6.43. The van der Waals surface area contributed by atoms with Crippen LogP contribution in [0, 0.1) is 11.6 Å². The van der Waals surface area contributed by atoms with Gasteiger partial charge in [0.05, 0.1) is 11.7 Å². The van der Waals surface area contributed by atoms with Crippen molar-refractivity contribution in [2.24, 2.45) is 12.8 Å². The molecular formula is C11H11F2N3. The van der Waals surface area contributed by atoms with Gasteiger partial charge in [0.2, 0.25) is 0 Å². The van der Waals surface area contributed by atoms with E-state index < -0.39 is 17.7 Å². The fourth-order valence-electron chi connectivity index (χ4n) is 1.51. The number of aryl methyl sites for hydroxylation is 1. The summed E-state index contributed by atoms with van der Waals surface area (Å²) in [5.74, 6) is -1.04. The monoisotopic (exact) mass is 223 g/mol. The Balaban J connectivity index is 2.40. The Bertz CT molecular complexity index is 508. The molecule has 0 aliphatic carbocycles. The maximum Gasteiger partial charge on any atom is 0.128 e. The molecule has 16 heavy (non-hydrogen) atoms. The summed E-state index contributed by atoms with van der Waals surface area (Å²) < 4.78 is 28.0. The van der Waals surface area contributed by atoms with Gasteiger partial charge in [0, 0.05) is 18.8 Å².